The van der Waals surface area contributed by atoms with Crippen LogP contribution >= 0.6 is 11.6 Å². The number of carbonyl (C=O) groups excluding carboxylic acids is 1. The van der Waals surface area contributed by atoms with E-state index in [2.05, 4.69) is 16.0 Å². The third-order valence-corrected chi connectivity index (χ3v) is 4.68. The van der Waals surface area contributed by atoms with E-state index in [-0.39, 0.29) is 5.91 Å². The summed E-state index contributed by atoms with van der Waals surface area (Å²) in [5.41, 5.74) is 10.3. The quantitative estimate of drug-likeness (QED) is 0.448. The Kier molecular flexibility index (Phi) is 5.31. The molecule has 0 fully saturated rings. The molecule has 0 aliphatic heterocycles. The molecule has 0 radical (unpaired) electrons. The van der Waals surface area contributed by atoms with Crippen LogP contribution in [0.15, 0.2) is 85.1 Å². The minimum Gasteiger partial charge on any atom is -0.298 e. The van der Waals surface area contributed by atoms with E-state index in [9.17, 15) is 4.79 Å². The number of benzene rings is 3. The van der Waals surface area contributed by atoms with Crippen molar-refractivity contribution in [1.82, 2.24) is 15.2 Å². The van der Waals surface area contributed by atoms with Gasteiger partial charge in [-0.15, -0.1) is 0 Å². The van der Waals surface area contributed by atoms with E-state index in [0.717, 1.165) is 16.8 Å². The van der Waals surface area contributed by atoms with Crippen LogP contribution in [-0.4, -0.2) is 15.7 Å². The van der Waals surface area contributed by atoms with E-state index < -0.39 is 0 Å². The van der Waals surface area contributed by atoms with Gasteiger partial charge in [0.05, 0.1) is 16.9 Å². The van der Waals surface area contributed by atoms with E-state index in [4.69, 9.17) is 11.6 Å². The van der Waals surface area contributed by atoms with Crippen LogP contribution in [0.1, 0.15) is 15.9 Å². The summed E-state index contributed by atoms with van der Waals surface area (Å²) in [6.07, 6.45) is 1.74. The highest BCUT2D eigenvalue weighted by molar-refractivity contribution is 6.30. The molecule has 29 heavy (non-hydrogen) atoms. The molecule has 1 aromatic heterocycles. The second kappa shape index (κ2) is 8.20. The molecular formula is C23H19ClN4O. The van der Waals surface area contributed by atoms with Crippen LogP contribution < -0.4 is 10.9 Å². The Hall–Kier alpha value is -3.57. The van der Waals surface area contributed by atoms with E-state index in [1.807, 2.05) is 73.7 Å². The Morgan fingerprint density at radius 3 is 2.45 bits per heavy atom. The topological polar surface area (TPSA) is 59.0 Å². The third kappa shape index (κ3) is 4.31. The van der Waals surface area contributed by atoms with Crippen molar-refractivity contribution in [2.75, 3.05) is 5.43 Å². The number of halogens is 1. The first-order valence-electron chi connectivity index (χ1n) is 9.14. The number of aryl methyl sites for hydroxylation is 1. The number of rotatable bonds is 5. The molecule has 3 aromatic carbocycles. The number of aromatic nitrogens is 2. The number of carbonyl (C=O) groups is 1. The van der Waals surface area contributed by atoms with E-state index in [0.29, 0.717) is 22.0 Å². The number of amides is 1. The Labute approximate surface area is 173 Å². The molecule has 1 amide bonds. The van der Waals surface area contributed by atoms with Crippen LogP contribution in [0, 0.1) is 6.92 Å². The van der Waals surface area contributed by atoms with Crippen molar-refractivity contribution in [1.29, 1.82) is 0 Å². The van der Waals surface area contributed by atoms with E-state index >= 15 is 0 Å². The number of anilines is 1. The molecule has 4 rings (SSSR count). The Morgan fingerprint density at radius 2 is 1.72 bits per heavy atom. The van der Waals surface area contributed by atoms with Crippen molar-refractivity contribution >= 4 is 23.2 Å². The highest BCUT2D eigenvalue weighted by atomic mass is 35.5. The molecule has 0 spiro atoms. The zero-order chi connectivity index (χ0) is 20.2. The van der Waals surface area contributed by atoms with Crippen LogP contribution in [0.4, 0.5) is 5.69 Å². The summed E-state index contributed by atoms with van der Waals surface area (Å²) in [5, 5.41) is 5.26. The fourth-order valence-electron chi connectivity index (χ4n) is 2.94. The van der Waals surface area contributed by atoms with Crippen molar-refractivity contribution in [2.45, 2.75) is 6.92 Å². The minimum absolute atomic E-state index is 0.290. The van der Waals surface area contributed by atoms with Crippen molar-refractivity contribution in [3.63, 3.8) is 0 Å². The molecule has 4 aromatic rings. The molecule has 0 bridgehead atoms. The average molecular weight is 403 g/mol. The molecule has 0 saturated heterocycles. The summed E-state index contributed by atoms with van der Waals surface area (Å²) < 4.78 is 1.72. The Bertz CT molecular complexity index is 1140. The van der Waals surface area contributed by atoms with Gasteiger partial charge in [0.1, 0.15) is 5.69 Å². The van der Waals surface area contributed by atoms with Gasteiger partial charge in [0.2, 0.25) is 0 Å². The first-order chi connectivity index (χ1) is 14.1. The normalized spacial score (nSPS) is 10.6. The lowest BCUT2D eigenvalue weighted by Crippen LogP contribution is -2.29. The molecule has 0 aliphatic rings. The van der Waals surface area contributed by atoms with Gasteiger partial charge >= 0.3 is 0 Å². The zero-order valence-electron chi connectivity index (χ0n) is 15.8. The van der Waals surface area contributed by atoms with Gasteiger partial charge in [-0.05, 0) is 37.3 Å². The van der Waals surface area contributed by atoms with E-state index in [1.54, 1.807) is 23.0 Å². The number of nitrogens with one attached hydrogen (secondary N) is 2. The maximum Gasteiger partial charge on any atom is 0.273 e. The van der Waals surface area contributed by atoms with Crippen LogP contribution in [0.3, 0.4) is 0 Å². The molecule has 144 valence electrons. The molecular weight excluding hydrogens is 384 g/mol. The number of hydrazine groups is 1. The Morgan fingerprint density at radius 1 is 0.966 bits per heavy atom. The van der Waals surface area contributed by atoms with Gasteiger partial charge in [0, 0.05) is 16.8 Å². The van der Waals surface area contributed by atoms with Crippen LogP contribution in [0.2, 0.25) is 5.02 Å². The van der Waals surface area contributed by atoms with Crippen molar-refractivity contribution in [3.05, 3.63) is 101 Å². The molecule has 0 atom stereocenters. The maximum atomic E-state index is 12.9. The summed E-state index contributed by atoms with van der Waals surface area (Å²) in [5.74, 6) is -0.290. The molecule has 0 unspecified atom stereocenters. The fraction of sp³-hybridized carbons (Fsp3) is 0.0435. The molecule has 5 nitrogen and oxygen atoms in total. The summed E-state index contributed by atoms with van der Waals surface area (Å²) in [7, 11) is 0. The summed E-state index contributed by atoms with van der Waals surface area (Å²) in [6.45, 7) is 2.03. The zero-order valence-corrected chi connectivity index (χ0v) is 16.5. The molecule has 6 heteroatoms. The van der Waals surface area contributed by atoms with Crippen molar-refractivity contribution in [3.8, 4) is 16.9 Å². The lowest BCUT2D eigenvalue weighted by Gasteiger charge is -2.08. The molecule has 1 heterocycles. The lowest BCUT2D eigenvalue weighted by atomic mass is 10.1. The average Bonchev–Trinajstić information content (AvgIpc) is 3.19. The van der Waals surface area contributed by atoms with Gasteiger partial charge in [0.25, 0.3) is 5.91 Å². The van der Waals surface area contributed by atoms with Crippen LogP contribution in [0.5, 0.6) is 0 Å². The van der Waals surface area contributed by atoms with Crippen molar-refractivity contribution in [2.24, 2.45) is 0 Å². The fourth-order valence-corrected chi connectivity index (χ4v) is 3.13. The maximum absolute atomic E-state index is 12.9. The Balaban J connectivity index is 1.66. The standard InChI is InChI=1S/C23H19ClN4O/c1-16-10-12-20(13-11-16)28-15-21(22(27-28)17-6-3-2-4-7-17)23(29)26-25-19-9-5-8-18(24)14-19/h2-15,25H,1H3,(H,26,29). The second-order valence-electron chi connectivity index (χ2n) is 6.63. The lowest BCUT2D eigenvalue weighted by molar-refractivity contribution is 0.0963. The van der Waals surface area contributed by atoms with Gasteiger partial charge < -0.3 is 0 Å². The largest absolute Gasteiger partial charge is 0.298 e. The van der Waals surface area contributed by atoms with Gasteiger partial charge in [-0.1, -0.05) is 65.7 Å². The molecule has 2 N–H and O–H groups in total. The second-order valence-corrected chi connectivity index (χ2v) is 7.06. The van der Waals surface area contributed by atoms with Gasteiger partial charge in [-0.25, -0.2) is 4.68 Å². The SMILES string of the molecule is Cc1ccc(-n2cc(C(=O)NNc3cccc(Cl)c3)c(-c3ccccc3)n2)cc1. The molecule has 0 aliphatic carbocycles. The minimum atomic E-state index is -0.290. The first kappa shape index (κ1) is 18.8. The molecule has 0 saturated carbocycles. The smallest absolute Gasteiger partial charge is 0.273 e. The van der Waals surface area contributed by atoms with Gasteiger partial charge in [-0.3, -0.25) is 15.6 Å². The third-order valence-electron chi connectivity index (χ3n) is 4.45. The highest BCUT2D eigenvalue weighted by Crippen LogP contribution is 2.24. The van der Waals surface area contributed by atoms with Gasteiger partial charge in [-0.2, -0.15) is 5.10 Å². The van der Waals surface area contributed by atoms with Crippen LogP contribution in [-0.2, 0) is 0 Å². The number of hydrogen-bond acceptors (Lipinski definition) is 3. The van der Waals surface area contributed by atoms with E-state index in [1.165, 1.54) is 0 Å². The summed E-state index contributed by atoms with van der Waals surface area (Å²) in [6, 6.07) is 24.8. The number of nitrogens with zero attached hydrogens (tertiary/aromatic N) is 2. The van der Waals surface area contributed by atoms with Crippen LogP contribution in [0.25, 0.3) is 16.9 Å². The van der Waals surface area contributed by atoms with Crippen molar-refractivity contribution < 1.29 is 4.79 Å². The summed E-state index contributed by atoms with van der Waals surface area (Å²) >= 11 is 6.00. The number of hydrogen-bond donors (Lipinski definition) is 2. The highest BCUT2D eigenvalue weighted by Gasteiger charge is 2.18. The predicted octanol–water partition coefficient (Wildman–Crippen LogP) is 5.26. The first-order valence-corrected chi connectivity index (χ1v) is 9.52. The summed E-state index contributed by atoms with van der Waals surface area (Å²) in [4.78, 5) is 12.9. The predicted molar refractivity (Wildman–Crippen MR) is 116 cm³/mol. The monoisotopic (exact) mass is 402 g/mol. The van der Waals surface area contributed by atoms with Gasteiger partial charge in [0.15, 0.2) is 0 Å².